The van der Waals surface area contributed by atoms with E-state index in [4.69, 9.17) is 4.52 Å². The molecular formula is C16H10F2N2O3. The number of rotatable bonds is 5. The number of carbonyl (C=O) groups excluding carboxylic acids is 1. The van der Waals surface area contributed by atoms with Crippen molar-refractivity contribution in [1.82, 2.24) is 10.1 Å². The Hall–Kier alpha value is -3.09. The molecule has 0 aliphatic heterocycles. The van der Waals surface area contributed by atoms with Crippen LogP contribution in [0.15, 0.2) is 53.1 Å². The number of halogens is 2. The molecule has 116 valence electrons. The van der Waals surface area contributed by atoms with Crippen molar-refractivity contribution in [3.05, 3.63) is 54.1 Å². The van der Waals surface area contributed by atoms with Gasteiger partial charge in [-0.3, -0.25) is 4.79 Å². The van der Waals surface area contributed by atoms with E-state index in [9.17, 15) is 13.6 Å². The van der Waals surface area contributed by atoms with Gasteiger partial charge in [-0.15, -0.1) is 0 Å². The highest BCUT2D eigenvalue weighted by molar-refractivity contribution is 5.81. The highest BCUT2D eigenvalue weighted by Crippen LogP contribution is 2.28. The van der Waals surface area contributed by atoms with Crippen LogP contribution in [0.3, 0.4) is 0 Å². The maximum Gasteiger partial charge on any atom is 0.387 e. The van der Waals surface area contributed by atoms with E-state index in [2.05, 4.69) is 14.9 Å². The third-order valence-corrected chi connectivity index (χ3v) is 3.06. The summed E-state index contributed by atoms with van der Waals surface area (Å²) in [5.74, 6) is 0.267. The third kappa shape index (κ3) is 3.23. The predicted octanol–water partition coefficient (Wildman–Crippen LogP) is 3.82. The first-order valence-corrected chi connectivity index (χ1v) is 6.61. The number of hydrogen-bond donors (Lipinski definition) is 0. The van der Waals surface area contributed by atoms with Crippen LogP contribution in [0.2, 0.25) is 0 Å². The van der Waals surface area contributed by atoms with Crippen LogP contribution in [-0.2, 0) is 0 Å². The van der Waals surface area contributed by atoms with Gasteiger partial charge in [-0.1, -0.05) is 35.5 Å². The lowest BCUT2D eigenvalue weighted by Crippen LogP contribution is -2.04. The van der Waals surface area contributed by atoms with Gasteiger partial charge in [0.05, 0.1) is 5.56 Å². The molecule has 0 aliphatic carbocycles. The summed E-state index contributed by atoms with van der Waals surface area (Å²) in [7, 11) is 0. The van der Waals surface area contributed by atoms with Crippen LogP contribution in [-0.4, -0.2) is 23.0 Å². The minimum atomic E-state index is -3.04. The second-order valence-electron chi connectivity index (χ2n) is 4.54. The second-order valence-corrected chi connectivity index (χ2v) is 4.54. The average molecular weight is 316 g/mol. The number of alkyl halides is 2. The first-order chi connectivity index (χ1) is 11.2. The summed E-state index contributed by atoms with van der Waals surface area (Å²) < 4.78 is 34.3. The average Bonchev–Trinajstić information content (AvgIpc) is 3.05. The van der Waals surface area contributed by atoms with Gasteiger partial charge in [0.25, 0.3) is 5.89 Å². The molecule has 0 unspecified atom stereocenters. The summed E-state index contributed by atoms with van der Waals surface area (Å²) in [5, 5.41) is 3.85. The number of ether oxygens (including phenoxy) is 1. The number of hydrogen-bond acceptors (Lipinski definition) is 5. The molecule has 3 rings (SSSR count). The molecule has 0 spiro atoms. The van der Waals surface area contributed by atoms with Gasteiger partial charge in [0, 0.05) is 11.1 Å². The van der Waals surface area contributed by atoms with Gasteiger partial charge in [-0.05, 0) is 18.2 Å². The highest BCUT2D eigenvalue weighted by atomic mass is 19.3. The molecule has 5 nitrogen and oxygen atoms in total. The first-order valence-electron chi connectivity index (χ1n) is 6.61. The number of benzene rings is 2. The molecule has 2 aromatic carbocycles. The number of carbonyl (C=O) groups is 1. The molecule has 0 atom stereocenters. The summed E-state index contributed by atoms with van der Waals surface area (Å²) in [6, 6.07) is 13.3. The molecular weight excluding hydrogens is 306 g/mol. The van der Waals surface area contributed by atoms with Crippen molar-refractivity contribution in [1.29, 1.82) is 0 Å². The summed E-state index contributed by atoms with van der Waals surface area (Å²) in [6.45, 7) is -3.04. The van der Waals surface area contributed by atoms with Crippen LogP contribution in [0.1, 0.15) is 10.4 Å². The summed E-state index contributed by atoms with van der Waals surface area (Å²) in [6.07, 6.45) is 0.435. The topological polar surface area (TPSA) is 65.2 Å². The van der Waals surface area contributed by atoms with Crippen LogP contribution in [0.25, 0.3) is 22.8 Å². The van der Waals surface area contributed by atoms with E-state index in [-0.39, 0.29) is 17.2 Å². The van der Waals surface area contributed by atoms with Gasteiger partial charge in [0.15, 0.2) is 6.29 Å². The molecule has 23 heavy (non-hydrogen) atoms. The van der Waals surface area contributed by atoms with Gasteiger partial charge < -0.3 is 9.26 Å². The van der Waals surface area contributed by atoms with Crippen molar-refractivity contribution in [3.63, 3.8) is 0 Å². The van der Waals surface area contributed by atoms with Gasteiger partial charge in [-0.25, -0.2) is 0 Å². The second kappa shape index (κ2) is 6.35. The van der Waals surface area contributed by atoms with E-state index >= 15 is 0 Å². The summed E-state index contributed by atoms with van der Waals surface area (Å²) >= 11 is 0. The summed E-state index contributed by atoms with van der Waals surface area (Å²) in [5.41, 5.74) is 1.15. The highest BCUT2D eigenvalue weighted by Gasteiger charge is 2.15. The van der Waals surface area contributed by atoms with Crippen molar-refractivity contribution in [2.75, 3.05) is 0 Å². The molecule has 7 heteroatoms. The predicted molar refractivity (Wildman–Crippen MR) is 77.2 cm³/mol. The van der Waals surface area contributed by atoms with Crippen LogP contribution in [0.5, 0.6) is 5.75 Å². The summed E-state index contributed by atoms with van der Waals surface area (Å²) in [4.78, 5) is 15.1. The number of aromatic nitrogens is 2. The van der Waals surface area contributed by atoms with E-state index in [1.54, 1.807) is 0 Å². The zero-order valence-electron chi connectivity index (χ0n) is 11.6. The van der Waals surface area contributed by atoms with E-state index in [0.29, 0.717) is 17.7 Å². The first kappa shape index (κ1) is 14.8. The Bertz CT molecular complexity index is 819. The Balaban J connectivity index is 1.96. The monoisotopic (exact) mass is 316 g/mol. The zero-order valence-corrected chi connectivity index (χ0v) is 11.6. The zero-order chi connectivity index (χ0) is 16.2. The SMILES string of the molecule is O=Cc1ccc(-c2nc(-c3ccccc3)no2)cc1OC(F)F. The standard InChI is InChI=1S/C16H10F2N2O3/c17-16(18)22-13-8-11(6-7-12(13)9-21)15-19-14(20-23-15)10-4-2-1-3-5-10/h1-9,16H. The lowest BCUT2D eigenvalue weighted by molar-refractivity contribution is -0.0500. The minimum absolute atomic E-state index is 0.0110. The van der Waals surface area contributed by atoms with Gasteiger partial charge in [0.1, 0.15) is 5.75 Å². The molecule has 0 aliphatic rings. The largest absolute Gasteiger partial charge is 0.434 e. The van der Waals surface area contributed by atoms with Gasteiger partial charge in [0.2, 0.25) is 5.82 Å². The molecule has 1 heterocycles. The quantitative estimate of drug-likeness (QED) is 0.670. The molecule has 0 saturated heterocycles. The number of nitrogens with zero attached hydrogens (tertiary/aromatic N) is 2. The lowest BCUT2D eigenvalue weighted by atomic mass is 10.1. The molecule has 1 aromatic heterocycles. The molecule has 0 amide bonds. The van der Waals surface area contributed by atoms with Crippen LogP contribution in [0.4, 0.5) is 8.78 Å². The van der Waals surface area contributed by atoms with Gasteiger partial charge >= 0.3 is 6.61 Å². The Morgan fingerprint density at radius 3 is 2.57 bits per heavy atom. The van der Waals surface area contributed by atoms with Crippen molar-refractivity contribution >= 4 is 6.29 Å². The molecule has 0 radical (unpaired) electrons. The van der Waals surface area contributed by atoms with E-state index in [1.165, 1.54) is 18.2 Å². The fraction of sp³-hybridized carbons (Fsp3) is 0.0625. The fourth-order valence-electron chi connectivity index (χ4n) is 2.01. The Labute approximate surface area is 129 Å². The Morgan fingerprint density at radius 1 is 1.09 bits per heavy atom. The molecule has 0 N–H and O–H groups in total. The van der Waals surface area contributed by atoms with Crippen molar-refractivity contribution in [2.24, 2.45) is 0 Å². The smallest absolute Gasteiger partial charge is 0.387 e. The molecule has 0 bridgehead atoms. The maximum absolute atomic E-state index is 12.4. The van der Waals surface area contributed by atoms with Crippen molar-refractivity contribution in [3.8, 4) is 28.6 Å². The van der Waals surface area contributed by atoms with E-state index in [0.717, 1.165) is 5.56 Å². The van der Waals surface area contributed by atoms with E-state index < -0.39 is 6.61 Å². The molecule has 3 aromatic rings. The van der Waals surface area contributed by atoms with Crippen molar-refractivity contribution < 1.29 is 22.8 Å². The van der Waals surface area contributed by atoms with Crippen LogP contribution >= 0.6 is 0 Å². The number of aldehydes is 1. The minimum Gasteiger partial charge on any atom is -0.434 e. The molecule has 0 fully saturated rings. The van der Waals surface area contributed by atoms with Gasteiger partial charge in [-0.2, -0.15) is 13.8 Å². The Kier molecular flexibility index (Phi) is 4.09. The van der Waals surface area contributed by atoms with Crippen molar-refractivity contribution in [2.45, 2.75) is 6.61 Å². The third-order valence-electron chi connectivity index (χ3n) is 3.06. The lowest BCUT2D eigenvalue weighted by Gasteiger charge is -2.07. The van der Waals surface area contributed by atoms with Crippen LogP contribution < -0.4 is 4.74 Å². The normalized spacial score (nSPS) is 10.7. The fourth-order valence-corrected chi connectivity index (χ4v) is 2.01. The molecule has 0 saturated carbocycles. The van der Waals surface area contributed by atoms with Crippen LogP contribution in [0, 0.1) is 0 Å². The van der Waals surface area contributed by atoms with E-state index in [1.807, 2.05) is 30.3 Å². The Morgan fingerprint density at radius 2 is 1.87 bits per heavy atom. The maximum atomic E-state index is 12.4.